The number of halogens is 4. The number of rotatable bonds is 18. The Labute approximate surface area is 326 Å². The lowest BCUT2D eigenvalue weighted by molar-refractivity contribution is -0.146. The quantitative estimate of drug-likeness (QED) is 0.0414. The van der Waals surface area contributed by atoms with Gasteiger partial charge in [0, 0.05) is 62.2 Å². The van der Waals surface area contributed by atoms with Gasteiger partial charge < -0.3 is 56.1 Å². The molecule has 3 aromatic carbocycles. The van der Waals surface area contributed by atoms with Crippen LogP contribution in [0.15, 0.2) is 48.5 Å². The molecular formula is C34H47Cl4N5O9. The van der Waals surface area contributed by atoms with Crippen LogP contribution in [0.2, 0.25) is 5.02 Å². The van der Waals surface area contributed by atoms with Crippen molar-refractivity contribution in [3.8, 4) is 17.2 Å². The van der Waals surface area contributed by atoms with E-state index in [-0.39, 0.29) is 96.8 Å². The third-order valence-corrected chi connectivity index (χ3v) is 7.31. The highest BCUT2D eigenvalue weighted by Gasteiger charge is 2.37. The van der Waals surface area contributed by atoms with E-state index < -0.39 is 11.6 Å². The number of nitrogens with one attached hydrogen (secondary N) is 4. The fourth-order valence-corrected chi connectivity index (χ4v) is 4.82. The van der Waals surface area contributed by atoms with Gasteiger partial charge in [-0.25, -0.2) is 4.79 Å². The van der Waals surface area contributed by atoms with E-state index in [0.717, 1.165) is 0 Å². The molecule has 0 aliphatic heterocycles. The lowest BCUT2D eigenvalue weighted by Crippen LogP contribution is -2.28. The molecule has 0 fully saturated rings. The van der Waals surface area contributed by atoms with E-state index in [2.05, 4.69) is 21.3 Å². The Morgan fingerprint density at radius 1 is 0.692 bits per heavy atom. The summed E-state index contributed by atoms with van der Waals surface area (Å²) < 4.78 is 10.2. The van der Waals surface area contributed by atoms with Crippen molar-refractivity contribution in [1.82, 2.24) is 15.5 Å². The van der Waals surface area contributed by atoms with E-state index in [1.165, 1.54) is 12.1 Å². The molecule has 0 amide bonds. The summed E-state index contributed by atoms with van der Waals surface area (Å²) in [6.45, 7) is 3.79. The number of ketones is 2. The van der Waals surface area contributed by atoms with E-state index >= 15 is 0 Å². The maximum atomic E-state index is 13.4. The first-order valence-electron chi connectivity index (χ1n) is 15.7. The SMILES string of the molecule is CN(C)CCOC(=O)COc1ccc(Cl)cc1.Cl.Cl.Cl.O=C1c2c(O)ccc(O)c2C(=O)c2c(NCCNCCO)ccc(NCCNCCO)c21. The number of likely N-dealkylation sites (N-methyl/N-ethyl adjacent to an activating group) is 1. The molecular weight excluding hydrogens is 764 g/mol. The maximum Gasteiger partial charge on any atom is 0.344 e. The summed E-state index contributed by atoms with van der Waals surface area (Å²) in [6, 6.07) is 12.6. The minimum absolute atomic E-state index is 0. The van der Waals surface area contributed by atoms with Gasteiger partial charge >= 0.3 is 5.97 Å². The topological polar surface area (TPSA) is 202 Å². The number of anilines is 2. The number of carbonyl (C=O) groups is 3. The number of aliphatic hydroxyl groups is 2. The van der Waals surface area contributed by atoms with Crippen molar-refractivity contribution in [2.75, 3.05) is 97.0 Å². The monoisotopic (exact) mass is 809 g/mol. The van der Waals surface area contributed by atoms with Gasteiger partial charge in [0.2, 0.25) is 11.6 Å². The van der Waals surface area contributed by atoms with Crippen molar-refractivity contribution >= 4 is 77.7 Å². The van der Waals surface area contributed by atoms with Crippen LogP contribution >= 0.6 is 48.8 Å². The number of esters is 1. The minimum atomic E-state index is -0.559. The van der Waals surface area contributed by atoms with Crippen LogP contribution in [0, 0.1) is 0 Å². The predicted octanol–water partition coefficient (Wildman–Crippen LogP) is 2.95. The zero-order chi connectivity index (χ0) is 35.8. The van der Waals surface area contributed by atoms with Crippen LogP contribution in [-0.2, 0) is 9.53 Å². The largest absolute Gasteiger partial charge is 0.507 e. The molecule has 0 unspecified atom stereocenters. The van der Waals surface area contributed by atoms with Crippen LogP contribution in [0.1, 0.15) is 31.8 Å². The average Bonchev–Trinajstić information content (AvgIpc) is 3.08. The van der Waals surface area contributed by atoms with Crippen LogP contribution in [0.3, 0.4) is 0 Å². The van der Waals surface area contributed by atoms with Crippen molar-refractivity contribution < 1.29 is 44.3 Å². The zero-order valence-corrected chi connectivity index (χ0v) is 32.0. The Morgan fingerprint density at radius 3 is 1.58 bits per heavy atom. The second-order valence-electron chi connectivity index (χ2n) is 11.0. The third-order valence-electron chi connectivity index (χ3n) is 7.06. The first-order chi connectivity index (χ1) is 23.6. The van der Waals surface area contributed by atoms with Crippen LogP contribution < -0.4 is 26.0 Å². The molecule has 4 rings (SSSR count). The van der Waals surface area contributed by atoms with Crippen LogP contribution in [0.4, 0.5) is 11.4 Å². The Balaban J connectivity index is 0.00000111. The maximum absolute atomic E-state index is 13.4. The average molecular weight is 812 g/mol. The lowest BCUT2D eigenvalue weighted by Gasteiger charge is -2.25. The molecule has 18 heteroatoms. The van der Waals surface area contributed by atoms with Crippen LogP contribution in [-0.4, -0.2) is 129 Å². The summed E-state index contributed by atoms with van der Waals surface area (Å²) in [4.78, 5) is 40.0. The minimum Gasteiger partial charge on any atom is -0.507 e. The Hall–Kier alpha value is -3.57. The number of benzene rings is 3. The number of aliphatic hydroxyl groups excluding tert-OH is 2. The molecule has 290 valence electrons. The second kappa shape index (κ2) is 25.4. The molecule has 0 aromatic heterocycles. The molecule has 3 aromatic rings. The van der Waals surface area contributed by atoms with Gasteiger partial charge in [0.1, 0.15) is 23.9 Å². The van der Waals surface area contributed by atoms with Gasteiger partial charge in [0.25, 0.3) is 0 Å². The van der Waals surface area contributed by atoms with Gasteiger partial charge in [0.05, 0.1) is 35.5 Å². The fraction of sp³-hybridized carbons (Fsp3) is 0.382. The van der Waals surface area contributed by atoms with Gasteiger partial charge in [-0.15, -0.1) is 37.2 Å². The number of phenolic OH excluding ortho intramolecular Hbond substituents is 2. The number of hydrogen-bond donors (Lipinski definition) is 8. The molecule has 0 saturated carbocycles. The summed E-state index contributed by atoms with van der Waals surface area (Å²) >= 11 is 5.72. The number of fused-ring (bicyclic) bond motifs is 2. The van der Waals surface area contributed by atoms with E-state index in [4.69, 9.17) is 31.3 Å². The zero-order valence-electron chi connectivity index (χ0n) is 28.8. The molecule has 1 aliphatic carbocycles. The molecule has 0 bridgehead atoms. The van der Waals surface area contributed by atoms with E-state index in [9.17, 15) is 24.6 Å². The molecule has 52 heavy (non-hydrogen) atoms. The van der Waals surface area contributed by atoms with Crippen molar-refractivity contribution in [2.45, 2.75) is 0 Å². The first kappa shape index (κ1) is 48.4. The Morgan fingerprint density at radius 2 is 1.15 bits per heavy atom. The molecule has 1 aliphatic rings. The number of aromatic hydroxyl groups is 2. The number of ether oxygens (including phenoxy) is 2. The summed E-state index contributed by atoms with van der Waals surface area (Å²) in [6.07, 6.45) is 0. The normalized spacial score (nSPS) is 11.0. The third kappa shape index (κ3) is 14.5. The smallest absolute Gasteiger partial charge is 0.344 e. The number of carbonyl (C=O) groups excluding carboxylic acids is 3. The molecule has 0 heterocycles. The molecule has 0 atom stereocenters. The van der Waals surface area contributed by atoms with Gasteiger partial charge in [-0.1, -0.05) is 11.6 Å². The Kier molecular flexibility index (Phi) is 23.7. The van der Waals surface area contributed by atoms with Gasteiger partial charge in [-0.2, -0.15) is 0 Å². The molecule has 0 saturated heterocycles. The molecule has 14 nitrogen and oxygen atoms in total. The highest BCUT2D eigenvalue weighted by molar-refractivity contribution is 6.33. The van der Waals surface area contributed by atoms with Gasteiger partial charge in [-0.3, -0.25) is 9.59 Å². The summed E-state index contributed by atoms with van der Waals surface area (Å²) in [7, 11) is 3.83. The predicted molar refractivity (Wildman–Crippen MR) is 208 cm³/mol. The Bertz CT molecular complexity index is 1490. The molecule has 0 radical (unpaired) electrons. The van der Waals surface area contributed by atoms with Crippen molar-refractivity contribution in [1.29, 1.82) is 0 Å². The molecule has 0 spiro atoms. The van der Waals surface area contributed by atoms with Gasteiger partial charge in [0.15, 0.2) is 6.61 Å². The van der Waals surface area contributed by atoms with Gasteiger partial charge in [-0.05, 0) is 62.6 Å². The summed E-state index contributed by atoms with van der Waals surface area (Å²) in [5.41, 5.74) is 0.678. The van der Waals surface area contributed by atoms with Crippen LogP contribution in [0.25, 0.3) is 0 Å². The number of hydrogen-bond acceptors (Lipinski definition) is 14. The summed E-state index contributed by atoms with van der Waals surface area (Å²) in [5, 5.41) is 51.2. The summed E-state index contributed by atoms with van der Waals surface area (Å²) in [5.74, 6) is -1.64. The highest BCUT2D eigenvalue weighted by Crippen LogP contribution is 2.42. The van der Waals surface area contributed by atoms with Crippen molar-refractivity contribution in [3.05, 3.63) is 75.8 Å². The van der Waals surface area contributed by atoms with E-state index in [0.29, 0.717) is 74.6 Å². The van der Waals surface area contributed by atoms with Crippen molar-refractivity contribution in [3.63, 3.8) is 0 Å². The van der Waals surface area contributed by atoms with Crippen molar-refractivity contribution in [2.24, 2.45) is 0 Å². The fourth-order valence-electron chi connectivity index (χ4n) is 4.70. The number of nitrogens with zero attached hydrogens (tertiary/aromatic N) is 1. The highest BCUT2D eigenvalue weighted by atomic mass is 35.5. The van der Waals surface area contributed by atoms with E-state index in [1.54, 1.807) is 36.4 Å². The lowest BCUT2D eigenvalue weighted by atomic mass is 9.81. The first-order valence-corrected chi connectivity index (χ1v) is 16.1. The standard InChI is InChI=1S/C22H28N4O6.C12H16ClNO3.3ClH/c27-11-9-23-5-7-25-13-1-2-14(26-8-6-24-10-12-28)18-17(13)21(31)19-15(29)3-4-16(30)20(19)22(18)32;1-14(2)7-8-16-12(15)9-17-11-5-3-10(13)4-6-11;;;/h1-4,23-30H,5-12H2;3-6H,7-9H2,1-2H3;3*1H. The van der Waals surface area contributed by atoms with Crippen LogP contribution in [0.5, 0.6) is 17.2 Å². The van der Waals surface area contributed by atoms with E-state index in [1.807, 2.05) is 19.0 Å². The molecule has 8 N–H and O–H groups in total. The second-order valence-corrected chi connectivity index (χ2v) is 11.4. The number of phenols is 2.